The summed E-state index contributed by atoms with van der Waals surface area (Å²) in [7, 11) is 1.54. The van der Waals surface area contributed by atoms with E-state index in [1.165, 1.54) is 48.0 Å². The van der Waals surface area contributed by atoms with Crippen LogP contribution in [0.15, 0.2) is 48.5 Å². The molecule has 1 heterocycles. The number of aliphatic hydroxyl groups excluding tert-OH is 1. The van der Waals surface area contributed by atoms with E-state index in [0.717, 1.165) is 12.1 Å². The van der Waals surface area contributed by atoms with Crippen LogP contribution in [-0.2, 0) is 6.54 Å². The predicted octanol–water partition coefficient (Wildman–Crippen LogP) is 3.92. The number of aromatic nitrogens is 2. The van der Waals surface area contributed by atoms with Crippen molar-refractivity contribution in [1.29, 1.82) is 0 Å². The van der Waals surface area contributed by atoms with Gasteiger partial charge in [-0.1, -0.05) is 18.2 Å². The Hall–Kier alpha value is -3.80. The average molecular weight is 482 g/mol. The van der Waals surface area contributed by atoms with Crippen LogP contribution in [0.4, 0.5) is 23.4 Å². The molecular formula is C22H22F4N4O4. The Morgan fingerprint density at radius 3 is 2.50 bits per heavy atom. The summed E-state index contributed by atoms with van der Waals surface area (Å²) in [6, 6.07) is 10.3. The van der Waals surface area contributed by atoms with Gasteiger partial charge >= 0.3 is 12.4 Å². The fourth-order valence-electron chi connectivity index (χ4n) is 3.04. The van der Waals surface area contributed by atoms with Crippen molar-refractivity contribution in [3.63, 3.8) is 0 Å². The molecule has 0 atom stereocenters. The number of carbonyl (C=O) groups excluding carboxylic acids is 1. The minimum absolute atomic E-state index is 0.0120. The van der Waals surface area contributed by atoms with E-state index in [4.69, 9.17) is 9.84 Å². The van der Waals surface area contributed by atoms with E-state index >= 15 is 0 Å². The largest absolute Gasteiger partial charge is 0.573 e. The quantitative estimate of drug-likeness (QED) is 0.300. The SMILES string of the molecule is CNc1nc(Oc2cccc(OC(F)(F)F)c2)n(Cc2ccc(F)cc2)c1C(=O)NCCCO. The van der Waals surface area contributed by atoms with Crippen LogP contribution in [0.5, 0.6) is 17.5 Å². The number of amides is 1. The molecule has 0 bridgehead atoms. The molecule has 12 heteroatoms. The first kappa shape index (κ1) is 24.8. The van der Waals surface area contributed by atoms with Crippen molar-refractivity contribution in [1.82, 2.24) is 14.9 Å². The second-order valence-electron chi connectivity index (χ2n) is 7.01. The molecule has 3 rings (SSSR count). The molecule has 1 amide bonds. The first-order chi connectivity index (χ1) is 16.2. The molecule has 2 aromatic carbocycles. The van der Waals surface area contributed by atoms with Gasteiger partial charge in [0, 0.05) is 26.3 Å². The minimum atomic E-state index is -4.88. The van der Waals surface area contributed by atoms with Crippen molar-refractivity contribution in [2.45, 2.75) is 19.3 Å². The number of rotatable bonds is 10. The van der Waals surface area contributed by atoms with Gasteiger partial charge in [-0.2, -0.15) is 4.98 Å². The van der Waals surface area contributed by atoms with Crippen molar-refractivity contribution in [3.8, 4) is 17.5 Å². The van der Waals surface area contributed by atoms with Crippen LogP contribution in [0.2, 0.25) is 0 Å². The van der Waals surface area contributed by atoms with Gasteiger partial charge in [-0.15, -0.1) is 13.2 Å². The molecule has 8 nitrogen and oxygen atoms in total. The van der Waals surface area contributed by atoms with E-state index in [2.05, 4.69) is 20.4 Å². The number of hydrogen-bond donors (Lipinski definition) is 3. The molecule has 34 heavy (non-hydrogen) atoms. The highest BCUT2D eigenvalue weighted by Crippen LogP contribution is 2.31. The average Bonchev–Trinajstić information content (AvgIpc) is 3.11. The van der Waals surface area contributed by atoms with Gasteiger partial charge in [0.15, 0.2) is 11.5 Å². The summed E-state index contributed by atoms with van der Waals surface area (Å²) in [6.07, 6.45) is -4.54. The number of nitrogens with one attached hydrogen (secondary N) is 2. The number of anilines is 1. The summed E-state index contributed by atoms with van der Waals surface area (Å²) < 4.78 is 62.2. The fraction of sp³-hybridized carbons (Fsp3) is 0.273. The second kappa shape index (κ2) is 10.9. The molecule has 3 N–H and O–H groups in total. The third-order valence-electron chi connectivity index (χ3n) is 4.51. The van der Waals surface area contributed by atoms with Gasteiger partial charge in [0.25, 0.3) is 5.91 Å². The van der Waals surface area contributed by atoms with Crippen LogP contribution in [0.3, 0.4) is 0 Å². The van der Waals surface area contributed by atoms with Gasteiger partial charge in [0.2, 0.25) is 0 Å². The summed E-state index contributed by atoms with van der Waals surface area (Å²) in [5.41, 5.74) is 0.701. The lowest BCUT2D eigenvalue weighted by Gasteiger charge is -2.14. The van der Waals surface area contributed by atoms with Gasteiger partial charge in [0.05, 0.1) is 6.54 Å². The van der Waals surface area contributed by atoms with Gasteiger partial charge in [0.1, 0.15) is 17.3 Å². The molecule has 0 radical (unpaired) electrons. The maximum Gasteiger partial charge on any atom is 0.573 e. The Labute approximate surface area is 192 Å². The zero-order valence-electron chi connectivity index (χ0n) is 18.0. The standard InChI is InChI=1S/C22H22F4N4O4/c1-27-19-18(20(32)28-10-3-11-31)30(13-14-6-8-15(23)9-7-14)21(29-19)33-16-4-2-5-17(12-16)34-22(24,25)26/h2,4-9,12,27,31H,3,10-11,13H2,1H3,(H,28,32). The Bertz CT molecular complexity index is 1120. The highest BCUT2D eigenvalue weighted by molar-refractivity contribution is 5.97. The molecule has 0 aliphatic carbocycles. The van der Waals surface area contributed by atoms with Crippen molar-refractivity contribution in [3.05, 3.63) is 65.6 Å². The highest BCUT2D eigenvalue weighted by Gasteiger charge is 2.31. The van der Waals surface area contributed by atoms with E-state index in [1.807, 2.05) is 0 Å². The van der Waals surface area contributed by atoms with Crippen LogP contribution >= 0.6 is 0 Å². The topological polar surface area (TPSA) is 97.6 Å². The van der Waals surface area contributed by atoms with E-state index in [1.54, 1.807) is 0 Å². The number of imidazole rings is 1. The molecule has 0 saturated carbocycles. The number of alkyl halides is 3. The zero-order valence-corrected chi connectivity index (χ0v) is 18.0. The molecular weight excluding hydrogens is 460 g/mol. The van der Waals surface area contributed by atoms with Crippen LogP contribution < -0.4 is 20.1 Å². The first-order valence-corrected chi connectivity index (χ1v) is 10.2. The second-order valence-corrected chi connectivity index (χ2v) is 7.01. The highest BCUT2D eigenvalue weighted by atomic mass is 19.4. The molecule has 1 aromatic heterocycles. The summed E-state index contributed by atoms with van der Waals surface area (Å²) in [6.45, 7) is 0.137. The number of carbonyl (C=O) groups is 1. The fourth-order valence-corrected chi connectivity index (χ4v) is 3.04. The van der Waals surface area contributed by atoms with E-state index in [9.17, 15) is 22.4 Å². The number of benzene rings is 2. The molecule has 0 unspecified atom stereocenters. The van der Waals surface area contributed by atoms with E-state index in [-0.39, 0.29) is 43.0 Å². The zero-order chi connectivity index (χ0) is 24.7. The first-order valence-electron chi connectivity index (χ1n) is 10.2. The van der Waals surface area contributed by atoms with Crippen molar-refractivity contribution in [2.24, 2.45) is 0 Å². The summed E-state index contributed by atoms with van der Waals surface area (Å²) in [4.78, 5) is 17.2. The number of aliphatic hydroxyl groups is 1. The summed E-state index contributed by atoms with van der Waals surface area (Å²) in [5.74, 6) is -1.30. The maximum atomic E-state index is 13.4. The van der Waals surface area contributed by atoms with Gasteiger partial charge in [-0.3, -0.25) is 9.36 Å². The summed E-state index contributed by atoms with van der Waals surface area (Å²) >= 11 is 0. The normalized spacial score (nSPS) is 11.2. The van der Waals surface area contributed by atoms with Gasteiger partial charge < -0.3 is 25.2 Å². The molecule has 182 valence electrons. The third kappa shape index (κ3) is 6.61. The Kier molecular flexibility index (Phi) is 7.95. The molecule has 0 saturated heterocycles. The number of nitrogens with zero attached hydrogens (tertiary/aromatic N) is 2. The molecule has 0 fully saturated rings. The monoisotopic (exact) mass is 482 g/mol. The van der Waals surface area contributed by atoms with Crippen molar-refractivity contribution >= 4 is 11.7 Å². The van der Waals surface area contributed by atoms with Crippen molar-refractivity contribution in [2.75, 3.05) is 25.5 Å². The van der Waals surface area contributed by atoms with E-state index in [0.29, 0.717) is 12.0 Å². The van der Waals surface area contributed by atoms with Crippen molar-refractivity contribution < 1.29 is 36.9 Å². The lowest BCUT2D eigenvalue weighted by Crippen LogP contribution is -2.28. The number of halogens is 4. The van der Waals surface area contributed by atoms with Crippen LogP contribution in [0.25, 0.3) is 0 Å². The van der Waals surface area contributed by atoms with Crippen LogP contribution in [-0.4, -0.2) is 47.1 Å². The summed E-state index contributed by atoms with van der Waals surface area (Å²) in [5, 5.41) is 14.4. The van der Waals surface area contributed by atoms with E-state index < -0.39 is 23.8 Å². The van der Waals surface area contributed by atoms with Gasteiger partial charge in [-0.25, -0.2) is 4.39 Å². The maximum absolute atomic E-state index is 13.4. The molecule has 0 aliphatic heterocycles. The van der Waals surface area contributed by atoms with Crippen LogP contribution in [0, 0.1) is 5.82 Å². The minimum Gasteiger partial charge on any atom is -0.425 e. The van der Waals surface area contributed by atoms with Crippen LogP contribution in [0.1, 0.15) is 22.5 Å². The Balaban J connectivity index is 1.99. The lowest BCUT2D eigenvalue weighted by atomic mass is 10.2. The number of ether oxygens (including phenoxy) is 2. The molecule has 0 aliphatic rings. The number of hydrogen-bond acceptors (Lipinski definition) is 6. The van der Waals surface area contributed by atoms with Gasteiger partial charge in [-0.05, 0) is 36.2 Å². The third-order valence-corrected chi connectivity index (χ3v) is 4.51. The Morgan fingerprint density at radius 1 is 1.15 bits per heavy atom. The Morgan fingerprint density at radius 2 is 1.85 bits per heavy atom. The smallest absolute Gasteiger partial charge is 0.425 e. The lowest BCUT2D eigenvalue weighted by molar-refractivity contribution is -0.274. The molecule has 0 spiro atoms. The molecule has 3 aromatic rings. The predicted molar refractivity (Wildman–Crippen MR) is 115 cm³/mol.